The minimum absolute atomic E-state index is 0.0293. The number of hydrogen-bond donors (Lipinski definition) is 1. The van der Waals surface area contributed by atoms with E-state index in [1.54, 1.807) is 19.3 Å². The number of ether oxygens (including phenoxy) is 2. The zero-order valence-electron chi connectivity index (χ0n) is 14.3. The van der Waals surface area contributed by atoms with Crippen molar-refractivity contribution in [2.75, 3.05) is 7.11 Å². The standard InChI is InChI=1S/C19H27NO3/c1-14(2)23-17-11-9-15(13-18(17)22-3)10-12-19(21)20-16-7-5-4-6-8-16/h9-14,16H,4-8H2,1-3H3,(H,20,21). The third-order valence-electron chi connectivity index (χ3n) is 3.93. The molecule has 0 bridgehead atoms. The molecule has 1 aliphatic rings. The number of carbonyl (C=O) groups is 1. The number of nitrogens with one attached hydrogen (secondary N) is 1. The van der Waals surface area contributed by atoms with Crippen LogP contribution >= 0.6 is 0 Å². The van der Waals surface area contributed by atoms with E-state index < -0.39 is 0 Å². The van der Waals surface area contributed by atoms with Gasteiger partial charge in [-0.05, 0) is 50.5 Å². The predicted molar refractivity (Wildman–Crippen MR) is 92.8 cm³/mol. The van der Waals surface area contributed by atoms with Crippen LogP contribution < -0.4 is 14.8 Å². The molecule has 4 nitrogen and oxygen atoms in total. The third kappa shape index (κ3) is 5.62. The Morgan fingerprint density at radius 2 is 1.96 bits per heavy atom. The number of amides is 1. The summed E-state index contributed by atoms with van der Waals surface area (Å²) in [6.07, 6.45) is 9.38. The molecule has 0 heterocycles. The summed E-state index contributed by atoms with van der Waals surface area (Å²) in [6.45, 7) is 3.95. The lowest BCUT2D eigenvalue weighted by Gasteiger charge is -2.21. The molecule has 0 aromatic heterocycles. The molecular weight excluding hydrogens is 290 g/mol. The lowest BCUT2D eigenvalue weighted by molar-refractivity contribution is -0.117. The smallest absolute Gasteiger partial charge is 0.244 e. The fraction of sp³-hybridized carbons (Fsp3) is 0.526. The Labute approximate surface area is 138 Å². The highest BCUT2D eigenvalue weighted by atomic mass is 16.5. The van der Waals surface area contributed by atoms with E-state index in [-0.39, 0.29) is 12.0 Å². The van der Waals surface area contributed by atoms with Crippen LogP contribution in [0.2, 0.25) is 0 Å². The van der Waals surface area contributed by atoms with Crippen LogP contribution in [0.4, 0.5) is 0 Å². The average molecular weight is 317 g/mol. The van der Waals surface area contributed by atoms with Gasteiger partial charge in [0, 0.05) is 12.1 Å². The highest BCUT2D eigenvalue weighted by Crippen LogP contribution is 2.29. The highest BCUT2D eigenvalue weighted by Gasteiger charge is 2.14. The monoisotopic (exact) mass is 317 g/mol. The second kappa shape index (κ2) is 8.61. The summed E-state index contributed by atoms with van der Waals surface area (Å²) < 4.78 is 11.0. The van der Waals surface area contributed by atoms with Gasteiger partial charge in [-0.1, -0.05) is 25.3 Å². The molecule has 23 heavy (non-hydrogen) atoms. The Balaban J connectivity index is 1.96. The molecule has 0 radical (unpaired) electrons. The zero-order valence-corrected chi connectivity index (χ0v) is 14.3. The first kappa shape index (κ1) is 17.4. The number of hydrogen-bond acceptors (Lipinski definition) is 3. The predicted octanol–water partition coefficient (Wildman–Crippen LogP) is 3.94. The van der Waals surface area contributed by atoms with Crippen LogP contribution in [0.5, 0.6) is 11.5 Å². The van der Waals surface area contributed by atoms with Gasteiger partial charge in [-0.25, -0.2) is 0 Å². The number of carbonyl (C=O) groups excluding carboxylic acids is 1. The molecule has 0 spiro atoms. The van der Waals surface area contributed by atoms with E-state index in [1.807, 2.05) is 32.0 Å². The van der Waals surface area contributed by atoms with Gasteiger partial charge in [-0.3, -0.25) is 4.79 Å². The van der Waals surface area contributed by atoms with Crippen molar-refractivity contribution < 1.29 is 14.3 Å². The van der Waals surface area contributed by atoms with E-state index in [9.17, 15) is 4.79 Å². The van der Waals surface area contributed by atoms with Gasteiger partial charge in [0.05, 0.1) is 13.2 Å². The van der Waals surface area contributed by atoms with Crippen molar-refractivity contribution in [3.05, 3.63) is 29.8 Å². The Kier molecular flexibility index (Phi) is 6.51. The van der Waals surface area contributed by atoms with Gasteiger partial charge in [0.2, 0.25) is 5.91 Å². The molecule has 0 unspecified atom stereocenters. The average Bonchev–Trinajstić information content (AvgIpc) is 2.54. The van der Waals surface area contributed by atoms with Gasteiger partial charge in [0.25, 0.3) is 0 Å². The van der Waals surface area contributed by atoms with Crippen molar-refractivity contribution in [3.63, 3.8) is 0 Å². The second-order valence-corrected chi connectivity index (χ2v) is 6.25. The molecule has 2 rings (SSSR count). The lowest BCUT2D eigenvalue weighted by Crippen LogP contribution is -2.34. The Morgan fingerprint density at radius 3 is 2.61 bits per heavy atom. The Morgan fingerprint density at radius 1 is 1.22 bits per heavy atom. The van der Waals surface area contributed by atoms with Crippen LogP contribution in [0.1, 0.15) is 51.5 Å². The topological polar surface area (TPSA) is 47.6 Å². The second-order valence-electron chi connectivity index (χ2n) is 6.25. The summed E-state index contributed by atoms with van der Waals surface area (Å²) in [7, 11) is 1.62. The molecule has 1 aromatic carbocycles. The van der Waals surface area contributed by atoms with Crippen molar-refractivity contribution in [2.45, 2.75) is 58.1 Å². The van der Waals surface area contributed by atoms with Gasteiger partial charge in [-0.2, -0.15) is 0 Å². The van der Waals surface area contributed by atoms with E-state index in [0.29, 0.717) is 17.5 Å². The molecule has 1 fully saturated rings. The molecule has 1 N–H and O–H groups in total. The zero-order chi connectivity index (χ0) is 16.7. The first-order valence-electron chi connectivity index (χ1n) is 8.41. The lowest BCUT2D eigenvalue weighted by atomic mass is 9.95. The molecule has 1 amide bonds. The number of methoxy groups -OCH3 is 1. The van der Waals surface area contributed by atoms with Crippen LogP contribution in [0.25, 0.3) is 6.08 Å². The summed E-state index contributed by atoms with van der Waals surface area (Å²) in [6, 6.07) is 6.00. The van der Waals surface area contributed by atoms with Gasteiger partial charge in [0.15, 0.2) is 11.5 Å². The maximum absolute atomic E-state index is 12.0. The quantitative estimate of drug-likeness (QED) is 0.808. The third-order valence-corrected chi connectivity index (χ3v) is 3.93. The molecule has 1 aromatic rings. The van der Waals surface area contributed by atoms with Crippen LogP contribution in [-0.4, -0.2) is 25.2 Å². The maximum Gasteiger partial charge on any atom is 0.244 e. The summed E-state index contributed by atoms with van der Waals surface area (Å²) in [4.78, 5) is 12.0. The van der Waals surface area contributed by atoms with Gasteiger partial charge >= 0.3 is 0 Å². The van der Waals surface area contributed by atoms with Crippen molar-refractivity contribution in [2.24, 2.45) is 0 Å². The molecule has 126 valence electrons. The normalized spacial score (nSPS) is 15.8. The van der Waals surface area contributed by atoms with E-state index in [1.165, 1.54) is 19.3 Å². The van der Waals surface area contributed by atoms with Crippen LogP contribution in [-0.2, 0) is 4.79 Å². The van der Waals surface area contributed by atoms with E-state index in [0.717, 1.165) is 18.4 Å². The van der Waals surface area contributed by atoms with Crippen molar-refractivity contribution in [1.82, 2.24) is 5.32 Å². The van der Waals surface area contributed by atoms with E-state index >= 15 is 0 Å². The minimum Gasteiger partial charge on any atom is -0.493 e. The summed E-state index contributed by atoms with van der Waals surface area (Å²) in [5.41, 5.74) is 0.914. The van der Waals surface area contributed by atoms with E-state index in [4.69, 9.17) is 9.47 Å². The van der Waals surface area contributed by atoms with Crippen molar-refractivity contribution in [1.29, 1.82) is 0 Å². The van der Waals surface area contributed by atoms with Crippen LogP contribution in [0.15, 0.2) is 24.3 Å². The Bertz CT molecular complexity index is 546. The molecule has 4 heteroatoms. The number of rotatable bonds is 6. The summed E-state index contributed by atoms with van der Waals surface area (Å²) in [5, 5.41) is 3.07. The molecular formula is C19H27NO3. The van der Waals surface area contributed by atoms with Crippen molar-refractivity contribution in [3.8, 4) is 11.5 Å². The molecule has 0 atom stereocenters. The first-order chi connectivity index (χ1) is 11.1. The Hall–Kier alpha value is -1.97. The fourth-order valence-corrected chi connectivity index (χ4v) is 2.81. The highest BCUT2D eigenvalue weighted by molar-refractivity contribution is 5.92. The number of benzene rings is 1. The SMILES string of the molecule is COc1cc(C=CC(=O)NC2CCCCC2)ccc1OC(C)C. The first-order valence-corrected chi connectivity index (χ1v) is 8.41. The van der Waals surface area contributed by atoms with Gasteiger partial charge in [-0.15, -0.1) is 0 Å². The molecule has 1 saturated carbocycles. The minimum atomic E-state index is -0.0293. The van der Waals surface area contributed by atoms with Crippen molar-refractivity contribution >= 4 is 12.0 Å². The van der Waals surface area contributed by atoms with Gasteiger partial charge < -0.3 is 14.8 Å². The van der Waals surface area contributed by atoms with Crippen LogP contribution in [0, 0.1) is 0 Å². The van der Waals surface area contributed by atoms with Crippen LogP contribution in [0.3, 0.4) is 0 Å². The largest absolute Gasteiger partial charge is 0.493 e. The molecule has 0 aliphatic heterocycles. The van der Waals surface area contributed by atoms with E-state index in [2.05, 4.69) is 5.32 Å². The maximum atomic E-state index is 12.0. The summed E-state index contributed by atoms with van der Waals surface area (Å²) in [5.74, 6) is 1.36. The van der Waals surface area contributed by atoms with Gasteiger partial charge in [0.1, 0.15) is 0 Å². The fourth-order valence-electron chi connectivity index (χ4n) is 2.81. The molecule has 0 saturated heterocycles. The molecule has 1 aliphatic carbocycles. The summed E-state index contributed by atoms with van der Waals surface area (Å²) >= 11 is 0.